The Morgan fingerprint density at radius 1 is 1.65 bits per heavy atom. The van der Waals surface area contributed by atoms with E-state index in [0.717, 1.165) is 12.2 Å². The average molecular weight is 237 g/mol. The second-order valence-corrected chi connectivity index (χ2v) is 4.76. The fraction of sp³-hybridized carbons (Fsp3) is 0.667. The van der Waals surface area contributed by atoms with Gasteiger partial charge in [0.25, 0.3) is 0 Å². The minimum atomic E-state index is -0.724. The molecule has 1 heterocycles. The van der Waals surface area contributed by atoms with Crippen LogP contribution in [0.2, 0.25) is 0 Å². The van der Waals surface area contributed by atoms with Crippen molar-refractivity contribution < 1.29 is 9.90 Å². The van der Waals surface area contributed by atoms with Crippen LogP contribution < -0.4 is 0 Å². The Labute approximate surface area is 101 Å². The molecule has 1 aliphatic carbocycles. The van der Waals surface area contributed by atoms with Crippen LogP contribution in [0.1, 0.15) is 30.5 Å². The van der Waals surface area contributed by atoms with Crippen LogP contribution in [0.5, 0.6) is 0 Å². The normalized spacial score (nSPS) is 15.5. The van der Waals surface area contributed by atoms with Gasteiger partial charge in [-0.1, -0.05) is 0 Å². The van der Waals surface area contributed by atoms with Crippen molar-refractivity contribution in [2.75, 3.05) is 6.54 Å². The number of hydrogen-bond donors (Lipinski definition) is 1. The summed E-state index contributed by atoms with van der Waals surface area (Å²) in [6, 6.07) is 0.578. The third kappa shape index (κ3) is 3.30. The predicted molar refractivity (Wildman–Crippen MR) is 63.6 cm³/mol. The van der Waals surface area contributed by atoms with Crippen molar-refractivity contribution in [2.45, 2.75) is 38.8 Å². The van der Waals surface area contributed by atoms with Crippen LogP contribution in [-0.4, -0.2) is 38.3 Å². The molecule has 1 aromatic rings. The lowest BCUT2D eigenvalue weighted by atomic mass is 10.2. The Hall–Kier alpha value is -1.36. The number of aliphatic carboxylic acids is 1. The number of nitrogens with zero attached hydrogens (tertiary/aromatic N) is 3. The molecule has 1 aromatic heterocycles. The van der Waals surface area contributed by atoms with E-state index in [1.54, 1.807) is 0 Å². The van der Waals surface area contributed by atoms with Crippen LogP contribution in [0, 0.1) is 6.92 Å². The second kappa shape index (κ2) is 4.87. The molecule has 5 nitrogen and oxygen atoms in total. The summed E-state index contributed by atoms with van der Waals surface area (Å²) in [5, 5.41) is 13.1. The van der Waals surface area contributed by atoms with Gasteiger partial charge < -0.3 is 5.11 Å². The molecule has 0 spiro atoms. The first-order chi connectivity index (χ1) is 8.06. The topological polar surface area (TPSA) is 58.4 Å². The van der Waals surface area contributed by atoms with Crippen molar-refractivity contribution in [3.05, 3.63) is 17.5 Å². The van der Waals surface area contributed by atoms with Gasteiger partial charge >= 0.3 is 5.97 Å². The van der Waals surface area contributed by atoms with E-state index in [1.165, 1.54) is 18.4 Å². The minimum absolute atomic E-state index is 0.218. The van der Waals surface area contributed by atoms with Gasteiger partial charge in [-0.05, 0) is 19.8 Å². The van der Waals surface area contributed by atoms with Gasteiger partial charge in [0.1, 0.15) is 0 Å². The van der Waals surface area contributed by atoms with Crippen molar-refractivity contribution in [1.29, 1.82) is 0 Å². The summed E-state index contributed by atoms with van der Waals surface area (Å²) in [6.45, 7) is 3.45. The molecule has 17 heavy (non-hydrogen) atoms. The van der Waals surface area contributed by atoms with Crippen molar-refractivity contribution in [3.63, 3.8) is 0 Å². The lowest BCUT2D eigenvalue weighted by Gasteiger charge is -2.20. The quantitative estimate of drug-likeness (QED) is 0.806. The Morgan fingerprint density at radius 3 is 2.82 bits per heavy atom. The van der Waals surface area contributed by atoms with E-state index in [0.29, 0.717) is 12.6 Å². The maximum Gasteiger partial charge on any atom is 0.304 e. The van der Waals surface area contributed by atoms with Gasteiger partial charge in [0.2, 0.25) is 0 Å². The van der Waals surface area contributed by atoms with Crippen LogP contribution >= 0.6 is 0 Å². The largest absolute Gasteiger partial charge is 0.481 e. The van der Waals surface area contributed by atoms with E-state index in [9.17, 15) is 4.79 Å². The van der Waals surface area contributed by atoms with E-state index < -0.39 is 5.97 Å². The number of aryl methyl sites for hydroxylation is 2. The summed E-state index contributed by atoms with van der Waals surface area (Å²) in [5.41, 5.74) is 2.23. The molecule has 0 saturated heterocycles. The SMILES string of the molecule is Cc1nn(C)cc1CN(CCC(=O)O)C1CC1. The number of carbonyl (C=O) groups is 1. The van der Waals surface area contributed by atoms with E-state index in [-0.39, 0.29) is 6.42 Å². The Kier molecular flexibility index (Phi) is 3.47. The molecule has 0 amide bonds. The van der Waals surface area contributed by atoms with Gasteiger partial charge in [-0.15, -0.1) is 0 Å². The molecule has 5 heteroatoms. The fourth-order valence-electron chi connectivity index (χ4n) is 2.09. The highest BCUT2D eigenvalue weighted by atomic mass is 16.4. The highest BCUT2D eigenvalue weighted by Crippen LogP contribution is 2.28. The number of rotatable bonds is 6. The van der Waals surface area contributed by atoms with Crippen LogP contribution in [0.4, 0.5) is 0 Å². The van der Waals surface area contributed by atoms with Crippen LogP contribution in [0.15, 0.2) is 6.20 Å². The van der Waals surface area contributed by atoms with Crippen LogP contribution in [0.25, 0.3) is 0 Å². The maximum absolute atomic E-state index is 10.6. The van der Waals surface area contributed by atoms with Gasteiger partial charge in [-0.25, -0.2) is 0 Å². The van der Waals surface area contributed by atoms with Gasteiger partial charge in [-0.3, -0.25) is 14.4 Å². The summed E-state index contributed by atoms with van der Waals surface area (Å²) in [4.78, 5) is 12.9. The average Bonchev–Trinajstić information content (AvgIpc) is 3.01. The van der Waals surface area contributed by atoms with E-state index in [4.69, 9.17) is 5.11 Å². The van der Waals surface area contributed by atoms with Crippen molar-refractivity contribution in [2.24, 2.45) is 7.05 Å². The van der Waals surface area contributed by atoms with Crippen molar-refractivity contribution in [3.8, 4) is 0 Å². The summed E-state index contributed by atoms with van der Waals surface area (Å²) in [6.07, 6.45) is 4.62. The molecular weight excluding hydrogens is 218 g/mol. The minimum Gasteiger partial charge on any atom is -0.481 e. The molecule has 1 saturated carbocycles. The number of hydrogen-bond acceptors (Lipinski definition) is 3. The molecule has 2 rings (SSSR count). The standard InChI is InChI=1S/C12H19N3O2/c1-9-10(7-14(2)13-9)8-15(11-3-4-11)6-5-12(16)17/h7,11H,3-6,8H2,1-2H3,(H,16,17). The van der Waals surface area contributed by atoms with Crippen LogP contribution in [-0.2, 0) is 18.4 Å². The lowest BCUT2D eigenvalue weighted by molar-refractivity contribution is -0.137. The molecule has 1 aliphatic rings. The molecule has 94 valence electrons. The monoisotopic (exact) mass is 237 g/mol. The third-order valence-corrected chi connectivity index (χ3v) is 3.16. The van der Waals surface area contributed by atoms with E-state index in [2.05, 4.69) is 10.00 Å². The van der Waals surface area contributed by atoms with Crippen molar-refractivity contribution in [1.82, 2.24) is 14.7 Å². The molecule has 1 fully saturated rings. The third-order valence-electron chi connectivity index (χ3n) is 3.16. The van der Waals surface area contributed by atoms with Gasteiger partial charge in [-0.2, -0.15) is 5.10 Å². The molecule has 0 bridgehead atoms. The first kappa shape index (κ1) is 12.1. The highest BCUT2D eigenvalue weighted by molar-refractivity contribution is 5.66. The molecule has 0 aliphatic heterocycles. The summed E-state index contributed by atoms with van der Waals surface area (Å²) >= 11 is 0. The molecular formula is C12H19N3O2. The summed E-state index contributed by atoms with van der Waals surface area (Å²) in [7, 11) is 1.91. The Bertz CT molecular complexity index is 410. The smallest absolute Gasteiger partial charge is 0.304 e. The van der Waals surface area contributed by atoms with Gasteiger partial charge in [0.15, 0.2) is 0 Å². The summed E-state index contributed by atoms with van der Waals surface area (Å²) < 4.78 is 1.81. The Morgan fingerprint density at radius 2 is 2.35 bits per heavy atom. The zero-order chi connectivity index (χ0) is 12.4. The molecule has 1 N–H and O–H groups in total. The second-order valence-electron chi connectivity index (χ2n) is 4.76. The number of aromatic nitrogens is 2. The van der Waals surface area contributed by atoms with Gasteiger partial charge in [0.05, 0.1) is 12.1 Å². The zero-order valence-electron chi connectivity index (χ0n) is 10.4. The predicted octanol–water partition coefficient (Wildman–Crippen LogP) is 1.17. The fourth-order valence-corrected chi connectivity index (χ4v) is 2.09. The molecule has 0 radical (unpaired) electrons. The van der Waals surface area contributed by atoms with Gasteiger partial charge in [0, 0.05) is 37.9 Å². The molecule has 0 unspecified atom stereocenters. The zero-order valence-corrected chi connectivity index (χ0v) is 10.4. The lowest BCUT2D eigenvalue weighted by Crippen LogP contribution is -2.28. The van der Waals surface area contributed by atoms with E-state index in [1.807, 2.05) is 24.9 Å². The van der Waals surface area contributed by atoms with Crippen LogP contribution in [0.3, 0.4) is 0 Å². The number of carboxylic acid groups (broad SMARTS) is 1. The molecule has 0 atom stereocenters. The van der Waals surface area contributed by atoms with E-state index >= 15 is 0 Å². The maximum atomic E-state index is 10.6. The first-order valence-electron chi connectivity index (χ1n) is 6.01. The molecule has 0 aromatic carbocycles. The first-order valence-corrected chi connectivity index (χ1v) is 6.01. The highest BCUT2D eigenvalue weighted by Gasteiger charge is 2.29. The Balaban J connectivity index is 1.97. The summed E-state index contributed by atoms with van der Waals surface area (Å²) in [5.74, 6) is -0.724. The number of carboxylic acids is 1. The van der Waals surface area contributed by atoms with Crippen molar-refractivity contribution >= 4 is 5.97 Å².